The quantitative estimate of drug-likeness (QED) is 0.169. The minimum atomic E-state index is -0.850. The third-order valence-electron chi connectivity index (χ3n) is 3.66. The van der Waals surface area contributed by atoms with Crippen LogP contribution in [0.15, 0.2) is 4.99 Å². The molecule has 5 heteroatoms. The van der Waals surface area contributed by atoms with Crippen LogP contribution in [0.3, 0.4) is 0 Å². The molecule has 0 bridgehead atoms. The molecular weight excluding hydrogens is 294 g/mol. The summed E-state index contributed by atoms with van der Waals surface area (Å²) in [7, 11) is 0. The molecule has 0 aromatic heterocycles. The molecule has 23 heavy (non-hydrogen) atoms. The zero-order valence-electron chi connectivity index (χ0n) is 15.3. The fourth-order valence-electron chi connectivity index (χ4n) is 2.64. The molecule has 0 saturated heterocycles. The van der Waals surface area contributed by atoms with E-state index in [-0.39, 0.29) is 0 Å². The van der Waals surface area contributed by atoms with Gasteiger partial charge in [0, 0.05) is 26.2 Å². The van der Waals surface area contributed by atoms with Gasteiger partial charge in [-0.1, -0.05) is 38.5 Å². The van der Waals surface area contributed by atoms with Crippen LogP contribution in [0.25, 0.3) is 0 Å². The van der Waals surface area contributed by atoms with Crippen LogP contribution in [0, 0.1) is 0 Å². The second kappa shape index (κ2) is 16.1. The maximum Gasteiger partial charge on any atom is 0.282 e. The number of unbranched alkanes of at least 4 members (excludes halogenated alkanes) is 7. The van der Waals surface area contributed by atoms with Gasteiger partial charge in [-0.2, -0.15) is 0 Å². The third kappa shape index (κ3) is 12.4. The first-order valence-corrected chi connectivity index (χ1v) is 9.20. The Kier molecular flexibility index (Phi) is 15.6. The molecule has 0 spiro atoms. The summed E-state index contributed by atoms with van der Waals surface area (Å²) in [5, 5.41) is 0. The highest BCUT2D eigenvalue weighted by Crippen LogP contribution is 2.24. The first kappa shape index (κ1) is 22.3. The topological polar surface area (TPSA) is 57.1 Å². The van der Waals surface area contributed by atoms with Gasteiger partial charge >= 0.3 is 0 Å². The van der Waals surface area contributed by atoms with Crippen LogP contribution in [0.4, 0.5) is 0 Å². The van der Waals surface area contributed by atoms with Gasteiger partial charge in [0.1, 0.15) is 0 Å². The molecular formula is C18H35NO4. The lowest BCUT2D eigenvalue weighted by Crippen LogP contribution is -2.39. The lowest BCUT2D eigenvalue weighted by atomic mass is 10.1. The number of hydrogen-bond donors (Lipinski definition) is 0. The number of hydrogen-bond acceptors (Lipinski definition) is 5. The van der Waals surface area contributed by atoms with Crippen molar-refractivity contribution < 1.29 is 19.0 Å². The Morgan fingerprint density at radius 3 is 1.61 bits per heavy atom. The van der Waals surface area contributed by atoms with Crippen molar-refractivity contribution in [1.29, 1.82) is 0 Å². The van der Waals surface area contributed by atoms with Crippen molar-refractivity contribution in [2.45, 2.75) is 84.5 Å². The summed E-state index contributed by atoms with van der Waals surface area (Å²) in [6.07, 6.45) is 11.7. The van der Waals surface area contributed by atoms with E-state index in [0.29, 0.717) is 26.4 Å². The standard InChI is InChI=1S/C18H35NO4/c1-4-21-18(22-5-2,23-6-3)15-13-11-9-7-8-10-12-14-16-19-17-20/h4-16H2,1-3H3. The van der Waals surface area contributed by atoms with E-state index < -0.39 is 5.97 Å². The summed E-state index contributed by atoms with van der Waals surface area (Å²) in [5.74, 6) is -0.850. The van der Waals surface area contributed by atoms with Crippen LogP contribution in [0.1, 0.15) is 78.6 Å². The molecule has 0 saturated carbocycles. The largest absolute Gasteiger partial charge is 0.328 e. The molecule has 0 fully saturated rings. The molecule has 136 valence electrons. The fourth-order valence-corrected chi connectivity index (χ4v) is 2.64. The molecule has 0 aromatic carbocycles. The van der Waals surface area contributed by atoms with Gasteiger partial charge in [0.2, 0.25) is 6.08 Å². The Balaban J connectivity index is 3.70. The molecule has 0 N–H and O–H groups in total. The third-order valence-corrected chi connectivity index (χ3v) is 3.66. The minimum Gasteiger partial charge on any atom is -0.328 e. The molecule has 0 atom stereocenters. The molecule has 0 aliphatic heterocycles. The van der Waals surface area contributed by atoms with Gasteiger partial charge in [-0.05, 0) is 33.6 Å². The molecule has 0 heterocycles. The predicted octanol–water partition coefficient (Wildman–Crippen LogP) is 4.60. The van der Waals surface area contributed by atoms with Gasteiger partial charge in [0.05, 0.1) is 6.54 Å². The maximum atomic E-state index is 9.92. The smallest absolute Gasteiger partial charge is 0.282 e. The lowest BCUT2D eigenvalue weighted by molar-refractivity contribution is -0.380. The molecule has 0 rings (SSSR count). The van der Waals surface area contributed by atoms with E-state index >= 15 is 0 Å². The van der Waals surface area contributed by atoms with Crippen LogP contribution in [-0.4, -0.2) is 38.4 Å². The second-order valence-corrected chi connectivity index (χ2v) is 5.53. The van der Waals surface area contributed by atoms with Crippen LogP contribution in [0.2, 0.25) is 0 Å². The molecule has 5 nitrogen and oxygen atoms in total. The van der Waals surface area contributed by atoms with Crippen molar-refractivity contribution in [3.05, 3.63) is 0 Å². The molecule has 0 unspecified atom stereocenters. The lowest BCUT2D eigenvalue weighted by Gasteiger charge is -2.32. The van der Waals surface area contributed by atoms with Crippen LogP contribution >= 0.6 is 0 Å². The van der Waals surface area contributed by atoms with E-state index in [1.165, 1.54) is 32.1 Å². The zero-order valence-corrected chi connectivity index (χ0v) is 15.3. The Bertz CT molecular complexity index is 286. The number of aliphatic imine (C=N–C) groups is 1. The average Bonchev–Trinajstić information content (AvgIpc) is 2.53. The number of isocyanates is 1. The molecule has 0 amide bonds. The van der Waals surface area contributed by atoms with Crippen molar-refractivity contribution >= 4 is 6.08 Å². The van der Waals surface area contributed by atoms with E-state index in [4.69, 9.17) is 14.2 Å². The van der Waals surface area contributed by atoms with Crippen molar-refractivity contribution in [1.82, 2.24) is 0 Å². The Hall–Kier alpha value is -0.740. The normalized spacial score (nSPS) is 11.4. The van der Waals surface area contributed by atoms with Crippen molar-refractivity contribution in [3.63, 3.8) is 0 Å². The van der Waals surface area contributed by atoms with Crippen molar-refractivity contribution in [2.24, 2.45) is 4.99 Å². The van der Waals surface area contributed by atoms with Crippen LogP contribution in [0.5, 0.6) is 0 Å². The Morgan fingerprint density at radius 1 is 0.739 bits per heavy atom. The molecule has 0 aliphatic rings. The van der Waals surface area contributed by atoms with E-state index in [1.54, 1.807) is 6.08 Å². The summed E-state index contributed by atoms with van der Waals surface area (Å²) >= 11 is 0. The SMILES string of the molecule is CCOC(CCCCCCCCCCN=C=O)(OCC)OCC. The second-order valence-electron chi connectivity index (χ2n) is 5.53. The van der Waals surface area contributed by atoms with E-state index in [9.17, 15) is 4.79 Å². The predicted molar refractivity (Wildman–Crippen MR) is 92.2 cm³/mol. The van der Waals surface area contributed by atoms with E-state index in [1.807, 2.05) is 20.8 Å². The van der Waals surface area contributed by atoms with E-state index in [2.05, 4.69) is 4.99 Å². The number of nitrogens with zero attached hydrogens (tertiary/aromatic N) is 1. The summed E-state index contributed by atoms with van der Waals surface area (Å²) in [4.78, 5) is 13.5. The number of carbonyl (C=O) groups excluding carboxylic acids is 1. The highest BCUT2D eigenvalue weighted by Gasteiger charge is 2.31. The molecule has 0 aromatic rings. The zero-order chi connectivity index (χ0) is 17.2. The van der Waals surface area contributed by atoms with Gasteiger partial charge in [-0.25, -0.2) is 9.79 Å². The van der Waals surface area contributed by atoms with Crippen LogP contribution in [-0.2, 0) is 19.0 Å². The highest BCUT2D eigenvalue weighted by atomic mass is 16.9. The summed E-state index contributed by atoms with van der Waals surface area (Å²) in [6.45, 7) is 8.29. The van der Waals surface area contributed by atoms with Crippen molar-refractivity contribution in [3.8, 4) is 0 Å². The van der Waals surface area contributed by atoms with Crippen molar-refractivity contribution in [2.75, 3.05) is 26.4 Å². The summed E-state index contributed by atoms with van der Waals surface area (Å²) < 4.78 is 17.2. The average molecular weight is 329 g/mol. The van der Waals surface area contributed by atoms with Crippen LogP contribution < -0.4 is 0 Å². The number of ether oxygens (including phenoxy) is 3. The maximum absolute atomic E-state index is 9.92. The first-order chi connectivity index (χ1) is 11.2. The molecule has 0 radical (unpaired) electrons. The van der Waals surface area contributed by atoms with E-state index in [0.717, 1.165) is 25.7 Å². The summed E-state index contributed by atoms with van der Waals surface area (Å²) in [6, 6.07) is 0. The van der Waals surface area contributed by atoms with Gasteiger partial charge in [-0.15, -0.1) is 0 Å². The molecule has 0 aliphatic carbocycles. The van der Waals surface area contributed by atoms with Gasteiger partial charge in [-0.3, -0.25) is 0 Å². The first-order valence-electron chi connectivity index (χ1n) is 9.20. The van der Waals surface area contributed by atoms with Gasteiger partial charge in [0.25, 0.3) is 5.97 Å². The monoisotopic (exact) mass is 329 g/mol. The van der Waals surface area contributed by atoms with Gasteiger partial charge in [0.15, 0.2) is 0 Å². The minimum absolute atomic E-state index is 0.591. The number of rotatable bonds is 17. The Morgan fingerprint density at radius 2 is 1.17 bits per heavy atom. The summed E-state index contributed by atoms with van der Waals surface area (Å²) in [5.41, 5.74) is 0. The Labute approximate surface area is 141 Å². The fraction of sp³-hybridized carbons (Fsp3) is 0.944. The van der Waals surface area contributed by atoms with Gasteiger partial charge < -0.3 is 14.2 Å². The highest BCUT2D eigenvalue weighted by molar-refractivity contribution is 5.32.